The smallest absolute Gasteiger partial charge is 0.327 e. The average Bonchev–Trinajstić information content (AvgIpc) is 2.78. The first-order valence-electron chi connectivity index (χ1n) is 5.99. The number of nitrogens with two attached hydrogens (primary N) is 1. The molecule has 3 rings (SSSR count). The van der Waals surface area contributed by atoms with Gasteiger partial charge in [-0.1, -0.05) is 0 Å². The Morgan fingerprint density at radius 1 is 1.44 bits per heavy atom. The van der Waals surface area contributed by atoms with Gasteiger partial charge in [0.15, 0.2) is 5.54 Å². The first-order valence-corrected chi connectivity index (χ1v) is 5.99. The Labute approximate surface area is 104 Å². The summed E-state index contributed by atoms with van der Waals surface area (Å²) in [5.41, 5.74) is 6.50. The summed E-state index contributed by atoms with van der Waals surface area (Å²) in [6, 6.07) is 1.38. The third kappa shape index (κ3) is 1.50. The molecular weight excluding hydrogens is 237 g/mol. The number of carboxylic acids is 1. The first-order chi connectivity index (χ1) is 8.51. The van der Waals surface area contributed by atoms with Gasteiger partial charge < -0.3 is 15.6 Å². The lowest BCUT2D eigenvalue weighted by atomic mass is 9.88. The summed E-state index contributed by atoms with van der Waals surface area (Å²) in [5, 5.41) is 9.09. The maximum absolute atomic E-state index is 13.9. The van der Waals surface area contributed by atoms with Gasteiger partial charge in [0.2, 0.25) is 0 Å². The molecule has 1 heterocycles. The topological polar surface area (TPSA) is 72.6 Å². The molecule has 0 radical (unpaired) electrons. The van der Waals surface area contributed by atoms with Crippen molar-refractivity contribution in [3.8, 4) is 5.75 Å². The van der Waals surface area contributed by atoms with Crippen LogP contribution in [0.3, 0.4) is 0 Å². The van der Waals surface area contributed by atoms with Crippen molar-refractivity contribution in [1.29, 1.82) is 0 Å². The van der Waals surface area contributed by atoms with E-state index in [-0.39, 0.29) is 18.8 Å². The van der Waals surface area contributed by atoms with Gasteiger partial charge in [-0.2, -0.15) is 0 Å². The highest BCUT2D eigenvalue weighted by Crippen LogP contribution is 2.39. The van der Waals surface area contributed by atoms with E-state index >= 15 is 0 Å². The normalized spacial score (nSPS) is 25.2. The number of benzene rings is 1. The van der Waals surface area contributed by atoms with Crippen LogP contribution in [0.25, 0.3) is 0 Å². The summed E-state index contributed by atoms with van der Waals surface area (Å²) in [4.78, 5) is 11.1. The van der Waals surface area contributed by atoms with E-state index in [4.69, 9.17) is 15.6 Å². The molecule has 2 aliphatic rings. The van der Waals surface area contributed by atoms with Gasteiger partial charge in [0.1, 0.15) is 18.2 Å². The minimum Gasteiger partial charge on any atom is -0.490 e. The van der Waals surface area contributed by atoms with Gasteiger partial charge >= 0.3 is 5.97 Å². The fraction of sp³-hybridized carbons (Fsp3) is 0.462. The number of aliphatic carboxylic acids is 1. The highest BCUT2D eigenvalue weighted by molar-refractivity contribution is 5.80. The summed E-state index contributed by atoms with van der Waals surface area (Å²) in [5.74, 6) is -0.722. The van der Waals surface area contributed by atoms with Gasteiger partial charge in [0, 0.05) is 12.0 Å². The van der Waals surface area contributed by atoms with Crippen molar-refractivity contribution in [3.63, 3.8) is 0 Å². The van der Waals surface area contributed by atoms with Gasteiger partial charge in [-0.3, -0.25) is 4.79 Å². The molecule has 1 aromatic rings. The van der Waals surface area contributed by atoms with Gasteiger partial charge in [0.25, 0.3) is 0 Å². The molecule has 1 aromatic carbocycles. The maximum Gasteiger partial charge on any atom is 0.327 e. The van der Waals surface area contributed by atoms with Crippen molar-refractivity contribution in [2.24, 2.45) is 5.73 Å². The van der Waals surface area contributed by atoms with E-state index in [1.54, 1.807) is 0 Å². The number of carboxylic acid groups (broad SMARTS) is 1. The summed E-state index contributed by atoms with van der Waals surface area (Å²) in [6.07, 6.45) is 2.55. The minimum atomic E-state index is -1.45. The molecule has 1 unspecified atom stereocenters. The van der Waals surface area contributed by atoms with Crippen LogP contribution in [0.4, 0.5) is 4.39 Å². The zero-order chi connectivity index (χ0) is 12.9. The second kappa shape index (κ2) is 3.68. The van der Waals surface area contributed by atoms with Crippen LogP contribution in [-0.2, 0) is 24.1 Å². The molecule has 3 N–H and O–H groups in total. The van der Waals surface area contributed by atoms with Crippen LogP contribution in [0.2, 0.25) is 0 Å². The van der Waals surface area contributed by atoms with Crippen molar-refractivity contribution >= 4 is 5.97 Å². The van der Waals surface area contributed by atoms with Gasteiger partial charge in [-0.15, -0.1) is 0 Å². The van der Waals surface area contributed by atoms with E-state index in [1.165, 1.54) is 6.07 Å². The molecule has 96 valence electrons. The third-order valence-corrected chi connectivity index (χ3v) is 3.78. The Morgan fingerprint density at radius 3 is 2.89 bits per heavy atom. The molecule has 0 amide bonds. The Hall–Kier alpha value is -1.62. The first kappa shape index (κ1) is 11.5. The van der Waals surface area contributed by atoms with Gasteiger partial charge in [-0.05, 0) is 36.5 Å². The SMILES string of the molecule is NC1(C(=O)O)COc2c(cc(F)c3c2CCC3)C1. The van der Waals surface area contributed by atoms with Crippen molar-refractivity contribution < 1.29 is 19.0 Å². The number of hydrogen-bond donors (Lipinski definition) is 2. The number of halogens is 1. The van der Waals surface area contributed by atoms with Crippen LogP contribution in [0, 0.1) is 5.82 Å². The Balaban J connectivity index is 2.08. The molecule has 1 atom stereocenters. The van der Waals surface area contributed by atoms with Crippen LogP contribution in [-0.4, -0.2) is 23.2 Å². The van der Waals surface area contributed by atoms with E-state index < -0.39 is 11.5 Å². The lowest BCUT2D eigenvalue weighted by Gasteiger charge is -2.32. The second-order valence-electron chi connectivity index (χ2n) is 5.08. The number of fused-ring (bicyclic) bond motifs is 3. The molecule has 4 nitrogen and oxygen atoms in total. The van der Waals surface area contributed by atoms with Crippen LogP contribution in [0.5, 0.6) is 5.75 Å². The predicted molar refractivity (Wildman–Crippen MR) is 62.2 cm³/mol. The summed E-state index contributed by atoms with van der Waals surface area (Å²) < 4.78 is 19.4. The van der Waals surface area contributed by atoms with E-state index in [1.807, 2.05) is 0 Å². The summed E-state index contributed by atoms with van der Waals surface area (Å²) >= 11 is 0. The van der Waals surface area contributed by atoms with Crippen LogP contribution < -0.4 is 10.5 Å². The minimum absolute atomic E-state index is 0.0621. The molecule has 0 saturated heterocycles. The predicted octanol–water partition coefficient (Wildman–Crippen LogP) is 1.03. The fourth-order valence-corrected chi connectivity index (χ4v) is 2.80. The maximum atomic E-state index is 13.9. The molecule has 0 fully saturated rings. The zero-order valence-electron chi connectivity index (χ0n) is 9.83. The molecule has 18 heavy (non-hydrogen) atoms. The Morgan fingerprint density at radius 2 is 2.17 bits per heavy atom. The molecule has 1 aliphatic heterocycles. The van der Waals surface area contributed by atoms with Crippen molar-refractivity contribution in [2.75, 3.05) is 6.61 Å². The van der Waals surface area contributed by atoms with Crippen LogP contribution >= 0.6 is 0 Å². The van der Waals surface area contributed by atoms with E-state index in [9.17, 15) is 9.18 Å². The zero-order valence-corrected chi connectivity index (χ0v) is 9.83. The summed E-state index contributed by atoms with van der Waals surface area (Å²) in [7, 11) is 0. The number of rotatable bonds is 1. The lowest BCUT2D eigenvalue weighted by Crippen LogP contribution is -2.56. The van der Waals surface area contributed by atoms with E-state index in [2.05, 4.69) is 0 Å². The standard InChI is InChI=1S/C13H14FNO3/c14-10-4-7-5-13(15,12(16)17)6-18-11(7)9-3-1-2-8(9)10/h4H,1-3,5-6,15H2,(H,16,17). The number of carbonyl (C=O) groups is 1. The van der Waals surface area contributed by atoms with Crippen molar-refractivity contribution in [3.05, 3.63) is 28.6 Å². The van der Waals surface area contributed by atoms with Crippen LogP contribution in [0.15, 0.2) is 6.07 Å². The fourth-order valence-electron chi connectivity index (χ4n) is 2.80. The highest BCUT2D eigenvalue weighted by atomic mass is 19.1. The average molecular weight is 251 g/mol. The highest BCUT2D eigenvalue weighted by Gasteiger charge is 2.41. The van der Waals surface area contributed by atoms with E-state index in [0.717, 1.165) is 24.8 Å². The molecule has 0 saturated carbocycles. The Kier molecular flexibility index (Phi) is 2.35. The van der Waals surface area contributed by atoms with Crippen LogP contribution in [0.1, 0.15) is 23.1 Å². The molecule has 1 aliphatic carbocycles. The quantitative estimate of drug-likeness (QED) is 0.782. The molecule has 0 spiro atoms. The second-order valence-corrected chi connectivity index (χ2v) is 5.08. The lowest BCUT2D eigenvalue weighted by molar-refractivity contribution is -0.145. The summed E-state index contributed by atoms with van der Waals surface area (Å²) in [6.45, 7) is -0.0621. The number of ether oxygens (including phenoxy) is 1. The number of hydrogen-bond acceptors (Lipinski definition) is 3. The van der Waals surface area contributed by atoms with Gasteiger partial charge in [0.05, 0.1) is 0 Å². The van der Waals surface area contributed by atoms with E-state index in [0.29, 0.717) is 16.9 Å². The Bertz CT molecular complexity index is 544. The molecular formula is C13H14FNO3. The molecule has 5 heteroatoms. The van der Waals surface area contributed by atoms with Gasteiger partial charge in [-0.25, -0.2) is 4.39 Å². The molecule has 0 aromatic heterocycles. The monoisotopic (exact) mass is 251 g/mol. The van der Waals surface area contributed by atoms with Crippen molar-refractivity contribution in [1.82, 2.24) is 0 Å². The molecule has 0 bridgehead atoms. The van der Waals surface area contributed by atoms with Crippen molar-refractivity contribution in [2.45, 2.75) is 31.2 Å². The largest absolute Gasteiger partial charge is 0.490 e. The third-order valence-electron chi connectivity index (χ3n) is 3.78.